The zero-order valence-corrected chi connectivity index (χ0v) is 13.6. The first-order chi connectivity index (χ1) is 10.6. The number of hydrogen-bond acceptors (Lipinski definition) is 1. The maximum absolute atomic E-state index is 13.7. The molecule has 0 N–H and O–H groups in total. The van der Waals surface area contributed by atoms with Gasteiger partial charge in [-0.1, -0.05) is 45.0 Å². The summed E-state index contributed by atoms with van der Waals surface area (Å²) >= 11 is 0. The Kier molecular flexibility index (Phi) is 5.65. The first kappa shape index (κ1) is 20.7. The van der Waals surface area contributed by atoms with Gasteiger partial charge in [0.15, 0.2) is 0 Å². The summed E-state index contributed by atoms with van der Waals surface area (Å²) in [6.07, 6.45) is -9.75. The minimum Gasteiger partial charge on any atom is -0.377 e. The third-order valence-electron chi connectivity index (χ3n) is 3.66. The van der Waals surface area contributed by atoms with Crippen molar-refractivity contribution in [2.45, 2.75) is 56.7 Å². The zero-order chi connectivity index (χ0) is 19.0. The predicted molar refractivity (Wildman–Crippen MR) is 75.5 cm³/mol. The highest BCUT2D eigenvalue weighted by Gasteiger charge is 2.73. The van der Waals surface area contributed by atoms with Crippen LogP contribution in [0.4, 0.5) is 30.7 Å². The lowest BCUT2D eigenvalue weighted by molar-refractivity contribution is -0.358. The minimum absolute atomic E-state index is 0.158. The summed E-state index contributed by atoms with van der Waals surface area (Å²) in [7, 11) is 0.992. The van der Waals surface area contributed by atoms with Crippen LogP contribution in [-0.4, -0.2) is 25.1 Å². The van der Waals surface area contributed by atoms with E-state index < -0.39 is 36.0 Å². The van der Waals surface area contributed by atoms with Gasteiger partial charge in [-0.3, -0.25) is 0 Å². The second-order valence-corrected chi connectivity index (χ2v) is 6.54. The number of benzene rings is 1. The topological polar surface area (TPSA) is 9.23 Å². The Labute approximate surface area is 135 Å². The Morgan fingerprint density at radius 3 is 1.83 bits per heavy atom. The molecule has 0 spiro atoms. The second kappa shape index (κ2) is 6.54. The Bertz CT molecular complexity index is 558. The van der Waals surface area contributed by atoms with Crippen LogP contribution in [0.25, 0.3) is 0 Å². The fourth-order valence-electron chi connectivity index (χ4n) is 2.35. The van der Waals surface area contributed by atoms with E-state index >= 15 is 0 Å². The maximum atomic E-state index is 13.7. The second-order valence-electron chi connectivity index (χ2n) is 6.54. The Morgan fingerprint density at radius 1 is 0.917 bits per heavy atom. The van der Waals surface area contributed by atoms with E-state index in [-0.39, 0.29) is 5.56 Å². The quantitative estimate of drug-likeness (QED) is 0.595. The number of alkyl halides is 7. The van der Waals surface area contributed by atoms with Gasteiger partial charge in [0.2, 0.25) is 0 Å². The molecule has 1 nitrogen and oxygen atoms in total. The van der Waals surface area contributed by atoms with Crippen LogP contribution in [0.2, 0.25) is 0 Å². The molecule has 0 heterocycles. The smallest absolute Gasteiger partial charge is 0.377 e. The molecule has 1 aromatic rings. The third-order valence-corrected chi connectivity index (χ3v) is 3.66. The average Bonchev–Trinajstić information content (AvgIpc) is 2.42. The van der Waals surface area contributed by atoms with Crippen molar-refractivity contribution in [3.05, 3.63) is 35.4 Å². The van der Waals surface area contributed by atoms with Gasteiger partial charge >= 0.3 is 18.0 Å². The number of rotatable bonds is 5. The van der Waals surface area contributed by atoms with Crippen molar-refractivity contribution in [3.8, 4) is 0 Å². The van der Waals surface area contributed by atoms with Gasteiger partial charge < -0.3 is 4.74 Å². The fraction of sp³-hybridized carbons (Fsp3) is 0.625. The molecular weight excluding hydrogens is 341 g/mol. The van der Waals surface area contributed by atoms with Crippen LogP contribution < -0.4 is 0 Å². The van der Waals surface area contributed by atoms with E-state index in [0.717, 1.165) is 7.11 Å². The Morgan fingerprint density at radius 2 is 1.42 bits per heavy atom. The van der Waals surface area contributed by atoms with Crippen molar-refractivity contribution < 1.29 is 35.5 Å². The summed E-state index contributed by atoms with van der Waals surface area (Å²) < 4.78 is 95.3. The van der Waals surface area contributed by atoms with Crippen molar-refractivity contribution in [2.24, 2.45) is 0 Å². The van der Waals surface area contributed by atoms with Crippen LogP contribution in [0.1, 0.15) is 44.4 Å². The molecule has 0 saturated heterocycles. The SMILES string of the molecule is COC(CC(F)(F)C(F)(F)C(F)(F)F)c1ccccc1C(C)(C)C. The molecule has 0 amide bonds. The summed E-state index contributed by atoms with van der Waals surface area (Å²) in [6.45, 7) is 5.29. The normalized spacial score (nSPS) is 15.5. The monoisotopic (exact) mass is 360 g/mol. The molecule has 0 aromatic heterocycles. The number of halogens is 7. The molecule has 0 bridgehead atoms. The molecule has 0 aliphatic rings. The lowest BCUT2D eigenvalue weighted by atomic mass is 9.81. The summed E-state index contributed by atoms with van der Waals surface area (Å²) in [4.78, 5) is 0. The first-order valence-electron chi connectivity index (χ1n) is 7.09. The van der Waals surface area contributed by atoms with Gasteiger partial charge in [-0.25, -0.2) is 0 Å². The van der Waals surface area contributed by atoms with Crippen LogP contribution in [0.15, 0.2) is 24.3 Å². The van der Waals surface area contributed by atoms with E-state index in [1.54, 1.807) is 32.9 Å². The molecule has 0 aliphatic carbocycles. The molecule has 138 valence electrons. The van der Waals surface area contributed by atoms with Gasteiger partial charge in [0.25, 0.3) is 0 Å². The number of ether oxygens (including phenoxy) is 1. The van der Waals surface area contributed by atoms with Gasteiger partial charge in [-0.15, -0.1) is 0 Å². The highest BCUT2D eigenvalue weighted by atomic mass is 19.4. The molecule has 1 unspecified atom stereocenters. The van der Waals surface area contributed by atoms with E-state index in [1.807, 2.05) is 0 Å². The third kappa shape index (κ3) is 4.02. The summed E-state index contributed by atoms with van der Waals surface area (Å²) in [5.74, 6) is -11.5. The lowest BCUT2D eigenvalue weighted by Gasteiger charge is -2.32. The standard InChI is InChI=1S/C16H19F7O/c1-13(2,3)11-8-6-5-7-10(11)12(24-4)9-14(17,18)15(19,20)16(21,22)23/h5-8,12H,9H2,1-4H3. The van der Waals surface area contributed by atoms with Crippen LogP contribution in [0, 0.1) is 0 Å². The largest absolute Gasteiger partial charge is 0.459 e. The number of hydrogen-bond donors (Lipinski definition) is 0. The van der Waals surface area contributed by atoms with Crippen LogP contribution in [0.3, 0.4) is 0 Å². The van der Waals surface area contributed by atoms with E-state index in [1.165, 1.54) is 12.1 Å². The van der Waals surface area contributed by atoms with Crippen molar-refractivity contribution in [2.75, 3.05) is 7.11 Å². The van der Waals surface area contributed by atoms with Crippen LogP contribution in [0.5, 0.6) is 0 Å². The highest BCUT2D eigenvalue weighted by molar-refractivity contribution is 5.34. The zero-order valence-electron chi connectivity index (χ0n) is 13.6. The van der Waals surface area contributed by atoms with Gasteiger partial charge in [0.05, 0.1) is 6.10 Å². The molecule has 24 heavy (non-hydrogen) atoms. The molecule has 0 saturated carbocycles. The minimum atomic E-state index is -6.35. The van der Waals surface area contributed by atoms with Gasteiger partial charge in [-0.2, -0.15) is 30.7 Å². The number of methoxy groups -OCH3 is 1. The van der Waals surface area contributed by atoms with Gasteiger partial charge in [0.1, 0.15) is 0 Å². The molecule has 1 atom stereocenters. The molecule has 0 aliphatic heterocycles. The van der Waals surface area contributed by atoms with Crippen molar-refractivity contribution >= 4 is 0 Å². The summed E-state index contributed by atoms with van der Waals surface area (Å²) in [5.41, 5.74) is 0.156. The van der Waals surface area contributed by atoms with Gasteiger partial charge in [0, 0.05) is 13.5 Å². The maximum Gasteiger partial charge on any atom is 0.459 e. The molecule has 1 aromatic carbocycles. The molecule has 0 radical (unpaired) electrons. The van der Waals surface area contributed by atoms with Crippen molar-refractivity contribution in [3.63, 3.8) is 0 Å². The Balaban J connectivity index is 3.27. The van der Waals surface area contributed by atoms with E-state index in [9.17, 15) is 30.7 Å². The van der Waals surface area contributed by atoms with E-state index in [2.05, 4.69) is 0 Å². The van der Waals surface area contributed by atoms with Gasteiger partial charge in [-0.05, 0) is 16.5 Å². The lowest BCUT2D eigenvalue weighted by Crippen LogP contribution is -2.52. The van der Waals surface area contributed by atoms with E-state index in [0.29, 0.717) is 5.56 Å². The highest BCUT2D eigenvalue weighted by Crippen LogP contribution is 2.50. The molecule has 0 fully saturated rings. The first-order valence-corrected chi connectivity index (χ1v) is 7.09. The Hall–Kier alpha value is -1.31. The molecule has 8 heteroatoms. The molecule has 1 rings (SSSR count). The van der Waals surface area contributed by atoms with Crippen molar-refractivity contribution in [1.82, 2.24) is 0 Å². The van der Waals surface area contributed by atoms with Crippen LogP contribution in [-0.2, 0) is 10.2 Å². The average molecular weight is 360 g/mol. The molecular formula is C16H19F7O. The fourth-order valence-corrected chi connectivity index (χ4v) is 2.35. The van der Waals surface area contributed by atoms with E-state index in [4.69, 9.17) is 4.74 Å². The summed E-state index contributed by atoms with van der Waals surface area (Å²) in [6, 6.07) is 6.09. The van der Waals surface area contributed by atoms with Crippen LogP contribution >= 0.6 is 0 Å². The summed E-state index contributed by atoms with van der Waals surface area (Å²) in [5, 5.41) is 0. The predicted octanol–water partition coefficient (Wildman–Crippen LogP) is 5.89. The van der Waals surface area contributed by atoms with Crippen molar-refractivity contribution in [1.29, 1.82) is 0 Å².